The first-order valence-electron chi connectivity index (χ1n) is 13.7. The van der Waals surface area contributed by atoms with Gasteiger partial charge >= 0.3 is 12.1 Å². The van der Waals surface area contributed by atoms with Gasteiger partial charge < -0.3 is 25.2 Å². The summed E-state index contributed by atoms with van der Waals surface area (Å²) in [6.07, 6.45) is 0.559. The molecule has 208 valence electrons. The Morgan fingerprint density at radius 3 is 2.10 bits per heavy atom. The van der Waals surface area contributed by atoms with Crippen LogP contribution in [0.25, 0.3) is 11.1 Å². The van der Waals surface area contributed by atoms with E-state index in [4.69, 9.17) is 9.47 Å². The number of benzene rings is 3. The maximum absolute atomic E-state index is 13.3. The Labute approximate surface area is 233 Å². The van der Waals surface area contributed by atoms with Crippen LogP contribution in [-0.4, -0.2) is 48.4 Å². The van der Waals surface area contributed by atoms with Crippen LogP contribution in [-0.2, 0) is 25.7 Å². The van der Waals surface area contributed by atoms with E-state index in [0.29, 0.717) is 12.8 Å². The topological polar surface area (TPSA) is 114 Å². The number of aliphatic carboxylic acids is 1. The molecule has 0 bridgehead atoms. The molecule has 0 radical (unpaired) electrons. The smallest absolute Gasteiger partial charge is 0.407 e. The van der Waals surface area contributed by atoms with E-state index in [1.54, 1.807) is 6.92 Å². The van der Waals surface area contributed by atoms with Crippen molar-refractivity contribution in [2.75, 3.05) is 13.2 Å². The van der Waals surface area contributed by atoms with Crippen molar-refractivity contribution in [3.8, 4) is 11.1 Å². The van der Waals surface area contributed by atoms with Crippen LogP contribution in [0.2, 0.25) is 0 Å². The van der Waals surface area contributed by atoms with Gasteiger partial charge in [0.25, 0.3) is 0 Å². The summed E-state index contributed by atoms with van der Waals surface area (Å²) in [6.45, 7) is 2.11. The van der Waals surface area contributed by atoms with E-state index in [9.17, 15) is 19.5 Å². The number of hydrogen-bond acceptors (Lipinski definition) is 5. The number of carboxylic acid groups (broad SMARTS) is 1. The lowest BCUT2D eigenvalue weighted by atomic mass is 9.68. The molecule has 3 aromatic rings. The number of ether oxygens (including phenoxy) is 2. The largest absolute Gasteiger partial charge is 0.480 e. The van der Waals surface area contributed by atoms with E-state index in [1.165, 1.54) is 0 Å². The molecule has 0 aliphatic heterocycles. The second-order valence-corrected chi connectivity index (χ2v) is 10.6. The molecule has 2 amide bonds. The van der Waals surface area contributed by atoms with Gasteiger partial charge in [0.05, 0.1) is 18.1 Å². The number of rotatable bonds is 11. The maximum atomic E-state index is 13.3. The lowest BCUT2D eigenvalue weighted by Crippen LogP contribution is -2.58. The second kappa shape index (κ2) is 11.9. The third-order valence-electron chi connectivity index (χ3n) is 8.08. The SMILES string of the molecule is CC(OCc1ccccc1)C(NC(=O)C1(CNC(=O)OCC2c3ccccc3-c3ccccc32)CCC1)C(=O)O. The molecule has 2 aliphatic rings. The first-order chi connectivity index (χ1) is 19.4. The van der Waals surface area contributed by atoms with E-state index in [2.05, 4.69) is 34.9 Å². The first kappa shape index (κ1) is 27.4. The minimum Gasteiger partial charge on any atom is -0.480 e. The van der Waals surface area contributed by atoms with Crippen LogP contribution in [0, 0.1) is 5.41 Å². The van der Waals surface area contributed by atoms with Crippen LogP contribution >= 0.6 is 0 Å². The van der Waals surface area contributed by atoms with Gasteiger partial charge in [0, 0.05) is 12.5 Å². The van der Waals surface area contributed by atoms with Crippen molar-refractivity contribution >= 4 is 18.0 Å². The van der Waals surface area contributed by atoms with Crippen LogP contribution in [0.4, 0.5) is 4.79 Å². The van der Waals surface area contributed by atoms with E-state index in [1.807, 2.05) is 54.6 Å². The van der Waals surface area contributed by atoms with Crippen LogP contribution < -0.4 is 10.6 Å². The highest BCUT2D eigenvalue weighted by atomic mass is 16.5. The number of amides is 2. The Hall–Kier alpha value is -4.17. The highest BCUT2D eigenvalue weighted by molar-refractivity contribution is 5.89. The summed E-state index contributed by atoms with van der Waals surface area (Å²) in [4.78, 5) is 38.0. The number of carboxylic acids is 1. The Morgan fingerprint density at radius 1 is 0.925 bits per heavy atom. The Kier molecular flexibility index (Phi) is 8.16. The standard InChI is InChI=1S/C32H34N2O6/c1-21(39-18-22-10-3-2-4-11-22)28(29(35)36)34-30(37)32(16-9-17-32)20-33-31(38)40-19-27-25-14-7-5-12-23(25)24-13-6-8-15-26(24)27/h2-8,10-15,21,27-28H,9,16-20H2,1H3,(H,33,38)(H,34,37)(H,35,36). The normalized spacial score (nSPS) is 16.5. The second-order valence-electron chi connectivity index (χ2n) is 10.6. The number of carbonyl (C=O) groups excluding carboxylic acids is 2. The van der Waals surface area contributed by atoms with E-state index in [0.717, 1.165) is 34.2 Å². The van der Waals surface area contributed by atoms with Gasteiger partial charge in [-0.2, -0.15) is 0 Å². The zero-order chi connectivity index (χ0) is 28.1. The molecule has 8 heteroatoms. The van der Waals surface area contributed by atoms with Gasteiger partial charge in [-0.05, 0) is 47.6 Å². The molecule has 5 rings (SSSR count). The summed E-state index contributed by atoms with van der Waals surface area (Å²) in [5.41, 5.74) is 4.56. The summed E-state index contributed by atoms with van der Waals surface area (Å²) < 4.78 is 11.4. The molecule has 0 saturated heterocycles. The molecule has 1 saturated carbocycles. The van der Waals surface area contributed by atoms with Crippen molar-refractivity contribution in [3.05, 3.63) is 95.6 Å². The fraction of sp³-hybridized carbons (Fsp3) is 0.344. The average molecular weight is 543 g/mol. The van der Waals surface area contributed by atoms with E-state index < -0.39 is 35.5 Å². The predicted octanol–water partition coefficient (Wildman–Crippen LogP) is 4.87. The van der Waals surface area contributed by atoms with Crippen molar-refractivity contribution in [3.63, 3.8) is 0 Å². The fourth-order valence-corrected chi connectivity index (χ4v) is 5.55. The van der Waals surface area contributed by atoms with Gasteiger partial charge in [0.15, 0.2) is 6.04 Å². The van der Waals surface area contributed by atoms with Gasteiger partial charge in [0.1, 0.15) is 6.61 Å². The third kappa shape index (κ3) is 5.72. The summed E-state index contributed by atoms with van der Waals surface area (Å²) in [7, 11) is 0. The summed E-state index contributed by atoms with van der Waals surface area (Å²) in [5, 5.41) is 15.2. The minimum atomic E-state index is -1.22. The van der Waals surface area contributed by atoms with Gasteiger partial charge in [-0.3, -0.25) is 4.79 Å². The van der Waals surface area contributed by atoms with Gasteiger partial charge in [-0.25, -0.2) is 9.59 Å². The third-order valence-corrected chi connectivity index (χ3v) is 8.08. The predicted molar refractivity (Wildman–Crippen MR) is 150 cm³/mol. The molecule has 8 nitrogen and oxygen atoms in total. The number of carbonyl (C=O) groups is 3. The molecule has 2 atom stereocenters. The molecule has 1 fully saturated rings. The summed E-state index contributed by atoms with van der Waals surface area (Å²) >= 11 is 0. The number of fused-ring (bicyclic) bond motifs is 3. The molecule has 3 N–H and O–H groups in total. The number of hydrogen-bond donors (Lipinski definition) is 3. The van der Waals surface area contributed by atoms with E-state index >= 15 is 0 Å². The van der Waals surface area contributed by atoms with Crippen molar-refractivity contribution in [2.24, 2.45) is 5.41 Å². The molecular weight excluding hydrogens is 508 g/mol. The van der Waals surface area contributed by atoms with Crippen molar-refractivity contribution < 1.29 is 29.0 Å². The summed E-state index contributed by atoms with van der Waals surface area (Å²) in [5.74, 6) is -1.64. The van der Waals surface area contributed by atoms with Crippen molar-refractivity contribution in [1.82, 2.24) is 10.6 Å². The molecular formula is C32H34N2O6. The van der Waals surface area contributed by atoms with Crippen molar-refractivity contribution in [2.45, 2.75) is 50.9 Å². The lowest BCUT2D eigenvalue weighted by Gasteiger charge is -2.41. The lowest BCUT2D eigenvalue weighted by molar-refractivity contribution is -0.150. The maximum Gasteiger partial charge on any atom is 0.407 e. The quantitative estimate of drug-likeness (QED) is 0.319. The zero-order valence-corrected chi connectivity index (χ0v) is 22.5. The Morgan fingerprint density at radius 2 is 1.52 bits per heavy atom. The molecule has 3 aromatic carbocycles. The first-order valence-corrected chi connectivity index (χ1v) is 13.7. The fourth-order valence-electron chi connectivity index (χ4n) is 5.55. The van der Waals surface area contributed by atoms with Crippen LogP contribution in [0.3, 0.4) is 0 Å². The van der Waals surface area contributed by atoms with Crippen LogP contribution in [0.5, 0.6) is 0 Å². The molecule has 40 heavy (non-hydrogen) atoms. The van der Waals surface area contributed by atoms with Crippen LogP contribution in [0.15, 0.2) is 78.9 Å². The molecule has 0 spiro atoms. The monoisotopic (exact) mass is 542 g/mol. The highest BCUT2D eigenvalue weighted by Crippen LogP contribution is 2.44. The number of nitrogens with one attached hydrogen (secondary N) is 2. The highest BCUT2D eigenvalue weighted by Gasteiger charge is 2.46. The van der Waals surface area contributed by atoms with Gasteiger partial charge in [-0.1, -0.05) is 85.3 Å². The Balaban J connectivity index is 1.15. The molecule has 2 aliphatic carbocycles. The molecule has 0 aromatic heterocycles. The zero-order valence-electron chi connectivity index (χ0n) is 22.5. The Bertz CT molecular complexity index is 1330. The van der Waals surface area contributed by atoms with Gasteiger partial charge in [0.2, 0.25) is 5.91 Å². The van der Waals surface area contributed by atoms with Crippen LogP contribution in [0.1, 0.15) is 48.8 Å². The number of alkyl carbamates (subject to hydrolysis) is 1. The minimum absolute atomic E-state index is 0.0622. The summed E-state index contributed by atoms with van der Waals surface area (Å²) in [6, 6.07) is 24.4. The van der Waals surface area contributed by atoms with Crippen molar-refractivity contribution in [1.29, 1.82) is 0 Å². The van der Waals surface area contributed by atoms with E-state index in [-0.39, 0.29) is 25.7 Å². The molecule has 2 unspecified atom stereocenters. The van der Waals surface area contributed by atoms with Gasteiger partial charge in [-0.15, -0.1) is 0 Å². The average Bonchev–Trinajstić information content (AvgIpc) is 3.27. The molecule has 0 heterocycles.